The molecule has 1 aromatic carbocycles. The second kappa shape index (κ2) is 11.5. The number of nitro groups is 1. The van der Waals surface area contributed by atoms with Crippen LogP contribution in [0.15, 0.2) is 42.7 Å². The van der Waals surface area contributed by atoms with Gasteiger partial charge in [0.1, 0.15) is 21.2 Å². The molecule has 4 heterocycles. The number of benzene rings is 1. The lowest BCUT2D eigenvalue weighted by molar-refractivity contribution is -0.386. The second-order valence-corrected chi connectivity index (χ2v) is 10.0. The van der Waals surface area contributed by atoms with E-state index in [9.17, 15) is 32.9 Å². The number of hydrogen-bond donors (Lipinski definition) is 2. The molecule has 13 nitrogen and oxygen atoms in total. The number of halogens is 3. The Morgan fingerprint density at radius 2 is 2.00 bits per heavy atom. The van der Waals surface area contributed by atoms with E-state index in [2.05, 4.69) is 20.5 Å². The van der Waals surface area contributed by atoms with Crippen molar-refractivity contribution in [1.29, 1.82) is 0 Å². The highest BCUT2D eigenvalue weighted by Crippen LogP contribution is 2.43. The lowest BCUT2D eigenvalue weighted by atomic mass is 10.0. The van der Waals surface area contributed by atoms with Crippen molar-refractivity contribution >= 4 is 44.7 Å². The van der Waals surface area contributed by atoms with E-state index in [0.29, 0.717) is 17.8 Å². The van der Waals surface area contributed by atoms with E-state index in [1.165, 1.54) is 24.5 Å². The highest BCUT2D eigenvalue weighted by molar-refractivity contribution is 7.21. The number of carbonyl (C=O) groups is 2. The predicted molar refractivity (Wildman–Crippen MR) is 149 cm³/mol. The Hall–Kier alpha value is -5.32. The van der Waals surface area contributed by atoms with Crippen LogP contribution < -0.4 is 15.8 Å². The zero-order chi connectivity index (χ0) is 31.0. The SMILES string of the molecule is CCn1ncc(-c2cc(C(F)F)nc3sc(C(N)=O)c(NC(=O)c4ccn(COc5cc(F)ccc5[N+](=O)[O-])n4)c23)c1C. The Kier molecular flexibility index (Phi) is 7.81. The van der Waals surface area contributed by atoms with Gasteiger partial charge in [0.15, 0.2) is 12.4 Å². The number of fused-ring (bicyclic) bond motifs is 1. The minimum atomic E-state index is -2.91. The summed E-state index contributed by atoms with van der Waals surface area (Å²) in [5, 5.41) is 22.4. The first-order valence-corrected chi connectivity index (χ1v) is 13.3. The van der Waals surface area contributed by atoms with Crippen molar-refractivity contribution in [2.45, 2.75) is 33.5 Å². The molecule has 3 N–H and O–H groups in total. The van der Waals surface area contributed by atoms with Gasteiger partial charge in [-0.1, -0.05) is 0 Å². The van der Waals surface area contributed by atoms with Gasteiger partial charge >= 0.3 is 5.69 Å². The highest BCUT2D eigenvalue weighted by atomic mass is 32.1. The molecule has 5 rings (SSSR count). The number of pyridine rings is 1. The Balaban J connectivity index is 1.50. The molecule has 0 aliphatic carbocycles. The molecule has 0 atom stereocenters. The average Bonchev–Trinajstić information content (AvgIpc) is 3.68. The molecule has 0 bridgehead atoms. The molecule has 0 saturated carbocycles. The van der Waals surface area contributed by atoms with Crippen LogP contribution in [0, 0.1) is 22.9 Å². The van der Waals surface area contributed by atoms with Crippen LogP contribution >= 0.6 is 11.3 Å². The molecule has 43 heavy (non-hydrogen) atoms. The summed E-state index contributed by atoms with van der Waals surface area (Å²) in [6.07, 6.45) is -0.0758. The largest absolute Gasteiger partial charge is 0.464 e. The number of anilines is 1. The molecule has 5 aromatic rings. The van der Waals surface area contributed by atoms with Crippen LogP contribution in [0.2, 0.25) is 0 Å². The molecule has 17 heteroatoms. The predicted octanol–water partition coefficient (Wildman–Crippen LogP) is 5.06. The van der Waals surface area contributed by atoms with Gasteiger partial charge in [-0.15, -0.1) is 11.3 Å². The number of nitrogens with one attached hydrogen (secondary N) is 1. The van der Waals surface area contributed by atoms with Gasteiger partial charge in [-0.3, -0.25) is 24.4 Å². The van der Waals surface area contributed by atoms with Crippen molar-refractivity contribution in [2.75, 3.05) is 5.32 Å². The van der Waals surface area contributed by atoms with E-state index in [4.69, 9.17) is 10.5 Å². The molecule has 0 saturated heterocycles. The Labute approximate surface area is 243 Å². The number of aromatic nitrogens is 5. The third-order valence-corrected chi connectivity index (χ3v) is 7.50. The van der Waals surface area contributed by atoms with Crippen LogP contribution in [0.4, 0.5) is 24.5 Å². The number of carbonyl (C=O) groups excluding carboxylic acids is 2. The van der Waals surface area contributed by atoms with E-state index in [-0.39, 0.29) is 37.8 Å². The molecular weight excluding hydrogens is 593 g/mol. The number of nitro benzene ring substituents is 1. The van der Waals surface area contributed by atoms with Gasteiger partial charge < -0.3 is 15.8 Å². The second-order valence-electron chi connectivity index (χ2n) is 9.04. The molecular formula is C26H21F3N8O5S. The molecule has 0 spiro atoms. The Morgan fingerprint density at radius 1 is 1.23 bits per heavy atom. The zero-order valence-electron chi connectivity index (χ0n) is 22.4. The lowest BCUT2D eigenvalue weighted by Crippen LogP contribution is -2.18. The number of primary amides is 1. The summed E-state index contributed by atoms with van der Waals surface area (Å²) < 4.78 is 49.4. The maximum absolute atomic E-state index is 13.8. The van der Waals surface area contributed by atoms with E-state index in [1.54, 1.807) is 11.6 Å². The molecule has 0 radical (unpaired) electrons. The molecule has 0 aliphatic rings. The maximum atomic E-state index is 13.8. The number of ether oxygens (including phenoxy) is 1. The van der Waals surface area contributed by atoms with Gasteiger partial charge in [-0.05, 0) is 37.6 Å². The van der Waals surface area contributed by atoms with Gasteiger partial charge in [-0.2, -0.15) is 10.2 Å². The number of thiophene rings is 1. The highest BCUT2D eigenvalue weighted by Gasteiger charge is 2.27. The molecule has 0 fully saturated rings. The van der Waals surface area contributed by atoms with Crippen molar-refractivity contribution in [3.63, 3.8) is 0 Å². The van der Waals surface area contributed by atoms with Crippen molar-refractivity contribution in [3.05, 3.63) is 80.6 Å². The smallest absolute Gasteiger partial charge is 0.311 e. The Morgan fingerprint density at radius 3 is 2.65 bits per heavy atom. The number of amides is 2. The van der Waals surface area contributed by atoms with Crippen molar-refractivity contribution < 1.29 is 32.4 Å². The summed E-state index contributed by atoms with van der Waals surface area (Å²) in [4.78, 5) is 40.1. The number of aryl methyl sites for hydroxylation is 1. The van der Waals surface area contributed by atoms with Gasteiger partial charge in [0.2, 0.25) is 5.75 Å². The molecule has 0 unspecified atom stereocenters. The fourth-order valence-corrected chi connectivity index (χ4v) is 5.40. The van der Waals surface area contributed by atoms with Crippen molar-refractivity contribution in [2.24, 2.45) is 5.73 Å². The zero-order valence-corrected chi connectivity index (χ0v) is 23.2. The average molecular weight is 615 g/mol. The summed E-state index contributed by atoms with van der Waals surface area (Å²) in [5.41, 5.74) is 5.84. The lowest BCUT2D eigenvalue weighted by Gasteiger charge is -2.10. The Bertz CT molecular complexity index is 1900. The number of hydrogen-bond acceptors (Lipinski definition) is 9. The van der Waals surface area contributed by atoms with Crippen molar-refractivity contribution in [3.8, 4) is 16.9 Å². The fraction of sp³-hybridized carbons (Fsp3) is 0.192. The first kappa shape index (κ1) is 29.2. The topological polar surface area (TPSA) is 173 Å². The van der Waals surface area contributed by atoms with Crippen LogP contribution in [-0.2, 0) is 13.3 Å². The van der Waals surface area contributed by atoms with Crippen LogP contribution in [0.3, 0.4) is 0 Å². The number of rotatable bonds is 10. The summed E-state index contributed by atoms with van der Waals surface area (Å²) >= 11 is 0.752. The minimum Gasteiger partial charge on any atom is -0.464 e. The maximum Gasteiger partial charge on any atom is 0.311 e. The van der Waals surface area contributed by atoms with E-state index >= 15 is 0 Å². The quantitative estimate of drug-likeness (QED) is 0.162. The minimum absolute atomic E-state index is 0.0364. The van der Waals surface area contributed by atoms with Gasteiger partial charge in [0.25, 0.3) is 18.2 Å². The molecule has 222 valence electrons. The fourth-order valence-electron chi connectivity index (χ4n) is 4.39. The number of nitrogens with zero attached hydrogens (tertiary/aromatic N) is 6. The van der Waals surface area contributed by atoms with Crippen LogP contribution in [0.5, 0.6) is 5.75 Å². The van der Waals surface area contributed by atoms with Gasteiger partial charge in [0, 0.05) is 41.5 Å². The standard InChI is InChI=1S/C26H21F3N8O5S/c1-3-36-12(2)15(10-31-36)14-9-17(23(28)29)32-26-20(14)21(22(43-26)24(30)38)33-25(39)16-6-7-35(34-16)11-42-19-8-13(27)4-5-18(19)37(40)41/h4-10,23H,3,11H2,1-2H3,(H2,30,38)(H,33,39). The van der Waals surface area contributed by atoms with E-state index in [1.807, 2.05) is 6.92 Å². The van der Waals surface area contributed by atoms with Crippen LogP contribution in [0.1, 0.15) is 44.9 Å². The van der Waals surface area contributed by atoms with Gasteiger partial charge in [0.05, 0.1) is 16.8 Å². The molecule has 0 aliphatic heterocycles. The third kappa shape index (κ3) is 5.61. The van der Waals surface area contributed by atoms with Crippen LogP contribution in [0.25, 0.3) is 21.3 Å². The number of nitrogens with two attached hydrogens (primary N) is 1. The van der Waals surface area contributed by atoms with Crippen molar-refractivity contribution in [1.82, 2.24) is 24.5 Å². The first-order valence-electron chi connectivity index (χ1n) is 12.5. The summed E-state index contributed by atoms with van der Waals surface area (Å²) in [5.74, 6) is -2.80. The summed E-state index contributed by atoms with van der Waals surface area (Å²) in [6, 6.07) is 5.21. The molecule has 4 aromatic heterocycles. The van der Waals surface area contributed by atoms with Gasteiger partial charge in [-0.25, -0.2) is 22.8 Å². The first-order chi connectivity index (χ1) is 20.5. The normalized spacial score (nSPS) is 11.3. The monoisotopic (exact) mass is 614 g/mol. The van der Waals surface area contributed by atoms with E-state index in [0.717, 1.165) is 34.2 Å². The van der Waals surface area contributed by atoms with E-state index < -0.39 is 47.1 Å². The third-order valence-electron chi connectivity index (χ3n) is 6.40. The summed E-state index contributed by atoms with van der Waals surface area (Å²) in [7, 11) is 0. The molecule has 2 amide bonds. The van der Waals surface area contributed by atoms with Crippen LogP contribution in [-0.4, -0.2) is 41.3 Å². The number of alkyl halides is 2. The summed E-state index contributed by atoms with van der Waals surface area (Å²) in [6.45, 7) is 3.73.